The van der Waals surface area contributed by atoms with Crippen molar-refractivity contribution in [1.29, 1.82) is 0 Å². The number of sulfone groups is 1. The number of nitrogens with zero attached hydrogens (tertiary/aromatic N) is 7. The summed E-state index contributed by atoms with van der Waals surface area (Å²) in [5, 5.41) is 28.6. The average Bonchev–Trinajstić information content (AvgIpc) is 3.76. The van der Waals surface area contributed by atoms with Crippen LogP contribution in [0.2, 0.25) is 0 Å². The minimum Gasteiger partial charge on any atom is -0.480 e. The van der Waals surface area contributed by atoms with Crippen molar-refractivity contribution >= 4 is 32.8 Å². The molecule has 0 bridgehead atoms. The van der Waals surface area contributed by atoms with Gasteiger partial charge in [0.1, 0.15) is 39.9 Å². The van der Waals surface area contributed by atoms with Gasteiger partial charge in [-0.25, -0.2) is 28.1 Å². The number of aliphatic hydroxyl groups is 1. The predicted molar refractivity (Wildman–Crippen MR) is 172 cm³/mol. The lowest BCUT2D eigenvalue weighted by molar-refractivity contribution is -0.138. The third-order valence-corrected chi connectivity index (χ3v) is 8.82. The quantitative estimate of drug-likeness (QED) is 0.0680. The zero-order chi connectivity index (χ0) is 35.4. The topological polar surface area (TPSA) is 290 Å². The summed E-state index contributed by atoms with van der Waals surface area (Å²) in [6, 6.07) is -1.54. The number of ether oxygens (including phenoxy) is 5. The number of carboxylic acids is 1. The van der Waals surface area contributed by atoms with Gasteiger partial charge in [0.05, 0.1) is 76.3 Å². The molecule has 0 radical (unpaired) electrons. The first-order valence-electron chi connectivity index (χ1n) is 15.8. The molecule has 0 spiro atoms. The smallest absolute Gasteiger partial charge is 0.320 e. The summed E-state index contributed by atoms with van der Waals surface area (Å²) in [6.07, 6.45) is 3.05. The number of aliphatic hydroxyl groups excluding tert-OH is 1. The summed E-state index contributed by atoms with van der Waals surface area (Å²) in [6.45, 7) is 2.53. The number of rotatable bonds is 23. The van der Waals surface area contributed by atoms with Crippen molar-refractivity contribution in [3.8, 4) is 0 Å². The van der Waals surface area contributed by atoms with Crippen LogP contribution < -0.4 is 17.2 Å². The first-order chi connectivity index (χ1) is 23.4. The minimum atomic E-state index is -2.98. The SMILES string of the molecule is CS(=O)(=O)CCCOCCOCCOCCn1nncc1CO[C@@H]1[C@H](O)[C@@H](C[C@@H](N)CC[C@H](N)C(=O)O)O[C@H]1n1cnc2c(N)ncnc21. The lowest BCUT2D eigenvalue weighted by Gasteiger charge is -2.22. The monoisotopic (exact) mass is 714 g/mol. The van der Waals surface area contributed by atoms with E-state index in [1.54, 1.807) is 15.4 Å². The molecule has 0 saturated carbocycles. The molecule has 0 unspecified atom stereocenters. The molecule has 274 valence electrons. The van der Waals surface area contributed by atoms with Gasteiger partial charge in [0.2, 0.25) is 0 Å². The highest BCUT2D eigenvalue weighted by molar-refractivity contribution is 7.90. The number of aliphatic carboxylic acids is 1. The Morgan fingerprint density at radius 3 is 2.49 bits per heavy atom. The van der Waals surface area contributed by atoms with Crippen LogP contribution in [0, 0.1) is 0 Å². The maximum atomic E-state index is 11.4. The van der Waals surface area contributed by atoms with Crippen molar-refractivity contribution in [3.05, 3.63) is 24.5 Å². The van der Waals surface area contributed by atoms with Gasteiger partial charge in [-0.2, -0.15) is 0 Å². The van der Waals surface area contributed by atoms with Crippen LogP contribution in [0.5, 0.6) is 0 Å². The second-order valence-corrected chi connectivity index (χ2v) is 14.0. The van der Waals surface area contributed by atoms with E-state index < -0.39 is 52.4 Å². The zero-order valence-corrected chi connectivity index (χ0v) is 28.1. The van der Waals surface area contributed by atoms with Gasteiger partial charge in [-0.3, -0.25) is 9.36 Å². The number of anilines is 1. The normalized spacial score (nSPS) is 21.0. The maximum absolute atomic E-state index is 11.4. The Hall–Kier alpha value is -3.41. The number of aromatic nitrogens is 7. The van der Waals surface area contributed by atoms with Crippen LogP contribution >= 0.6 is 0 Å². The molecule has 3 aromatic rings. The summed E-state index contributed by atoms with van der Waals surface area (Å²) in [7, 11) is -2.98. The van der Waals surface area contributed by atoms with Gasteiger partial charge in [-0.05, 0) is 25.7 Å². The van der Waals surface area contributed by atoms with Gasteiger partial charge in [0, 0.05) is 18.9 Å². The van der Waals surface area contributed by atoms with Crippen molar-refractivity contribution in [3.63, 3.8) is 0 Å². The molecule has 3 aromatic heterocycles. The van der Waals surface area contributed by atoms with Gasteiger partial charge in [-0.15, -0.1) is 5.10 Å². The van der Waals surface area contributed by atoms with E-state index in [-0.39, 0.29) is 31.0 Å². The highest BCUT2D eigenvalue weighted by Crippen LogP contribution is 2.36. The van der Waals surface area contributed by atoms with E-state index in [4.69, 9.17) is 46.0 Å². The van der Waals surface area contributed by atoms with Gasteiger partial charge < -0.3 is 51.1 Å². The van der Waals surface area contributed by atoms with E-state index in [0.29, 0.717) is 75.9 Å². The highest BCUT2D eigenvalue weighted by Gasteiger charge is 2.46. The molecule has 1 fully saturated rings. The standard InChI is InChI=1S/C28H46N10O10S/c1-49(42,43)12-2-6-44-8-10-46-11-9-45-7-5-38-19(14-35-36-38)15-47-24-23(39)21(13-18(29)3-4-20(30)28(40)41)48-27(24)37-17-34-22-25(31)32-16-33-26(22)37/h14,16-18,20-21,23-24,27,39H,2-13,15,29-30H2,1H3,(H,40,41)(H2,31,32,33)/t18-,20-,21+,23+,24+,27+/m0/s1. The number of nitrogen functional groups attached to an aromatic ring is 1. The summed E-state index contributed by atoms with van der Waals surface area (Å²) < 4.78 is 54.5. The fourth-order valence-corrected chi connectivity index (χ4v) is 5.83. The number of hydrogen-bond donors (Lipinski definition) is 5. The van der Waals surface area contributed by atoms with E-state index in [1.807, 2.05) is 0 Å². The molecule has 0 amide bonds. The van der Waals surface area contributed by atoms with Crippen LogP contribution in [0.25, 0.3) is 11.2 Å². The Bertz CT molecular complexity index is 1570. The largest absolute Gasteiger partial charge is 0.480 e. The molecule has 1 saturated heterocycles. The van der Waals surface area contributed by atoms with E-state index in [2.05, 4.69) is 25.3 Å². The van der Waals surface area contributed by atoms with Crippen LogP contribution in [0.15, 0.2) is 18.9 Å². The molecule has 8 N–H and O–H groups in total. The Morgan fingerprint density at radius 2 is 1.78 bits per heavy atom. The summed E-state index contributed by atoms with van der Waals surface area (Å²) in [5.74, 6) is -0.831. The van der Waals surface area contributed by atoms with E-state index >= 15 is 0 Å². The number of imidazole rings is 1. The molecular formula is C28H46N10O10S. The Kier molecular flexibility index (Phi) is 14.5. The second-order valence-electron chi connectivity index (χ2n) is 11.7. The Balaban J connectivity index is 1.27. The molecule has 1 aliphatic rings. The number of hydrogen-bond acceptors (Lipinski definition) is 17. The summed E-state index contributed by atoms with van der Waals surface area (Å²) in [4.78, 5) is 23.7. The molecule has 0 aromatic carbocycles. The number of nitrogens with two attached hydrogens (primary N) is 3. The lowest BCUT2D eigenvalue weighted by atomic mass is 9.98. The average molecular weight is 715 g/mol. The molecule has 20 nitrogen and oxygen atoms in total. The lowest BCUT2D eigenvalue weighted by Crippen LogP contribution is -2.38. The van der Waals surface area contributed by atoms with Crippen LogP contribution in [-0.2, 0) is 51.5 Å². The molecule has 6 atom stereocenters. The van der Waals surface area contributed by atoms with E-state index in [1.165, 1.54) is 18.9 Å². The van der Waals surface area contributed by atoms with E-state index in [0.717, 1.165) is 0 Å². The third-order valence-electron chi connectivity index (χ3n) is 7.79. The molecule has 49 heavy (non-hydrogen) atoms. The second kappa shape index (κ2) is 18.5. The Labute approximate surface area is 283 Å². The Morgan fingerprint density at radius 1 is 1.06 bits per heavy atom. The number of carboxylic acid groups (broad SMARTS) is 1. The van der Waals surface area contributed by atoms with Crippen LogP contribution in [0.3, 0.4) is 0 Å². The van der Waals surface area contributed by atoms with Gasteiger partial charge in [-0.1, -0.05) is 5.21 Å². The van der Waals surface area contributed by atoms with Crippen LogP contribution in [-0.4, -0.2) is 141 Å². The predicted octanol–water partition coefficient (Wildman–Crippen LogP) is -1.76. The first-order valence-corrected chi connectivity index (χ1v) is 17.9. The minimum absolute atomic E-state index is 0.0257. The fraction of sp³-hybridized carbons (Fsp3) is 0.714. The van der Waals surface area contributed by atoms with Crippen molar-refractivity contribution in [2.24, 2.45) is 11.5 Å². The van der Waals surface area contributed by atoms with Gasteiger partial charge in [0.25, 0.3) is 0 Å². The zero-order valence-electron chi connectivity index (χ0n) is 27.3. The fourth-order valence-electron chi connectivity index (χ4n) is 5.18. The molecule has 0 aliphatic carbocycles. The molecule has 1 aliphatic heterocycles. The third kappa shape index (κ3) is 11.6. The maximum Gasteiger partial charge on any atom is 0.320 e. The molecule has 4 rings (SSSR count). The van der Waals surface area contributed by atoms with Crippen molar-refractivity contribution < 1.29 is 47.1 Å². The van der Waals surface area contributed by atoms with Crippen LogP contribution in [0.1, 0.15) is 37.6 Å². The first kappa shape index (κ1) is 38.4. The number of fused-ring (bicyclic) bond motifs is 1. The highest BCUT2D eigenvalue weighted by atomic mass is 32.2. The number of carbonyl (C=O) groups is 1. The summed E-state index contributed by atoms with van der Waals surface area (Å²) >= 11 is 0. The van der Waals surface area contributed by atoms with Gasteiger partial charge in [0.15, 0.2) is 17.7 Å². The van der Waals surface area contributed by atoms with Crippen molar-refractivity contribution in [2.45, 2.75) is 75.5 Å². The molecular weight excluding hydrogens is 668 g/mol. The van der Waals surface area contributed by atoms with Crippen molar-refractivity contribution in [1.82, 2.24) is 34.5 Å². The van der Waals surface area contributed by atoms with Gasteiger partial charge >= 0.3 is 5.97 Å². The molecule has 21 heteroatoms. The van der Waals surface area contributed by atoms with Crippen molar-refractivity contribution in [2.75, 3.05) is 57.4 Å². The van der Waals surface area contributed by atoms with E-state index in [9.17, 15) is 18.3 Å². The van der Waals surface area contributed by atoms with Crippen LogP contribution in [0.4, 0.5) is 5.82 Å². The molecule has 4 heterocycles. The summed E-state index contributed by atoms with van der Waals surface area (Å²) in [5.41, 5.74) is 19.3.